The van der Waals surface area contributed by atoms with E-state index in [4.69, 9.17) is 23.2 Å². The zero-order valence-electron chi connectivity index (χ0n) is 12.5. The first-order chi connectivity index (χ1) is 12.1. The van der Waals surface area contributed by atoms with Crippen molar-refractivity contribution in [1.82, 2.24) is 19.6 Å². The van der Waals surface area contributed by atoms with Crippen molar-refractivity contribution in [3.8, 4) is 11.3 Å². The molecular weight excluding hydrogens is 381 g/mol. The third-order valence-corrected chi connectivity index (χ3v) is 4.79. The molecule has 4 aromatic rings. The van der Waals surface area contributed by atoms with Gasteiger partial charge in [-0.2, -0.15) is 4.98 Å². The third kappa shape index (κ3) is 3.09. The number of pyridine rings is 1. The number of halogens is 2. The van der Waals surface area contributed by atoms with Crippen molar-refractivity contribution < 1.29 is 4.79 Å². The van der Waals surface area contributed by atoms with Crippen LogP contribution in [0.15, 0.2) is 48.0 Å². The Morgan fingerprint density at radius 2 is 2.08 bits per heavy atom. The molecular formula is C16H9Cl2N5OS. The number of amides is 1. The Hall–Kier alpha value is -2.48. The minimum Gasteiger partial charge on any atom is -0.288 e. The summed E-state index contributed by atoms with van der Waals surface area (Å²) >= 11 is 13.7. The normalized spacial score (nSPS) is 11.0. The van der Waals surface area contributed by atoms with E-state index in [2.05, 4.69) is 20.4 Å². The van der Waals surface area contributed by atoms with Gasteiger partial charge in [-0.3, -0.25) is 15.1 Å². The van der Waals surface area contributed by atoms with Crippen molar-refractivity contribution in [3.05, 3.63) is 63.7 Å². The maximum atomic E-state index is 12.2. The lowest BCUT2D eigenvalue weighted by atomic mass is 10.2. The average molecular weight is 390 g/mol. The number of hydrogen-bond donors (Lipinski definition) is 1. The predicted octanol–water partition coefficient (Wildman–Crippen LogP) is 4.41. The van der Waals surface area contributed by atoms with Crippen LogP contribution in [0.1, 0.15) is 10.5 Å². The summed E-state index contributed by atoms with van der Waals surface area (Å²) in [6.07, 6.45) is 1.55. The largest absolute Gasteiger partial charge is 0.288 e. The summed E-state index contributed by atoms with van der Waals surface area (Å²) in [5.74, 6) is -0.178. The summed E-state index contributed by atoms with van der Waals surface area (Å²) in [7, 11) is 0. The molecule has 0 aliphatic carbocycles. The molecule has 0 spiro atoms. The van der Waals surface area contributed by atoms with Crippen molar-refractivity contribution in [3.63, 3.8) is 0 Å². The van der Waals surface area contributed by atoms with Crippen molar-refractivity contribution in [2.75, 3.05) is 5.32 Å². The molecule has 0 aliphatic heterocycles. The Labute approximate surface area is 156 Å². The molecule has 0 bridgehead atoms. The molecule has 0 aliphatic rings. The number of rotatable bonds is 3. The Morgan fingerprint density at radius 3 is 2.88 bits per heavy atom. The van der Waals surface area contributed by atoms with E-state index in [0.717, 1.165) is 11.3 Å². The highest BCUT2D eigenvalue weighted by Gasteiger charge is 2.16. The summed E-state index contributed by atoms with van der Waals surface area (Å²) in [6, 6.07) is 10.3. The summed E-state index contributed by atoms with van der Waals surface area (Å²) in [6.45, 7) is 0. The molecule has 6 nitrogen and oxygen atoms in total. The lowest BCUT2D eigenvalue weighted by molar-refractivity contribution is 0.102. The van der Waals surface area contributed by atoms with Gasteiger partial charge in [0.15, 0.2) is 0 Å². The van der Waals surface area contributed by atoms with Gasteiger partial charge in [-0.1, -0.05) is 29.3 Å². The standard InChI is InChI=1S/C16H9Cl2N5OS/c17-9-4-5-11(18)10(7-9)13-8-25-16-21-15(22-23(13)16)20-14(24)12-3-1-2-6-19-12/h1-8H,(H,20,22,24). The van der Waals surface area contributed by atoms with Gasteiger partial charge in [-0.15, -0.1) is 16.4 Å². The molecule has 0 radical (unpaired) electrons. The Kier molecular flexibility index (Phi) is 4.12. The number of thiazole rings is 1. The number of nitrogens with zero attached hydrogens (tertiary/aromatic N) is 4. The summed E-state index contributed by atoms with van der Waals surface area (Å²) in [5, 5.41) is 9.99. The first-order valence-electron chi connectivity index (χ1n) is 7.14. The van der Waals surface area contributed by atoms with Crippen LogP contribution < -0.4 is 5.32 Å². The topological polar surface area (TPSA) is 72.2 Å². The highest BCUT2D eigenvalue weighted by molar-refractivity contribution is 7.15. The molecule has 1 N–H and O–H groups in total. The van der Waals surface area contributed by atoms with Gasteiger partial charge in [0, 0.05) is 22.2 Å². The maximum absolute atomic E-state index is 12.2. The average Bonchev–Trinajstić information content (AvgIpc) is 3.18. The van der Waals surface area contributed by atoms with Crippen LogP contribution in [0.5, 0.6) is 0 Å². The van der Waals surface area contributed by atoms with E-state index < -0.39 is 0 Å². The Bertz CT molecular complexity index is 1080. The molecule has 3 heterocycles. The number of anilines is 1. The van der Waals surface area contributed by atoms with Gasteiger partial charge in [-0.05, 0) is 30.3 Å². The van der Waals surface area contributed by atoms with Crippen LogP contribution in [0.3, 0.4) is 0 Å². The van der Waals surface area contributed by atoms with Crippen LogP contribution in [-0.2, 0) is 0 Å². The number of hydrogen-bond acceptors (Lipinski definition) is 5. The van der Waals surface area contributed by atoms with E-state index in [1.54, 1.807) is 47.1 Å². The maximum Gasteiger partial charge on any atom is 0.276 e. The second-order valence-electron chi connectivity index (χ2n) is 5.04. The number of nitrogens with one attached hydrogen (secondary N) is 1. The lowest BCUT2D eigenvalue weighted by Crippen LogP contribution is -2.14. The Morgan fingerprint density at radius 1 is 1.20 bits per heavy atom. The van der Waals surface area contributed by atoms with Crippen LogP contribution in [0.4, 0.5) is 5.95 Å². The highest BCUT2D eigenvalue weighted by atomic mass is 35.5. The number of carbonyl (C=O) groups excluding carboxylic acids is 1. The summed E-state index contributed by atoms with van der Waals surface area (Å²) in [5.41, 5.74) is 1.78. The van der Waals surface area contributed by atoms with E-state index in [9.17, 15) is 4.79 Å². The van der Waals surface area contributed by atoms with Gasteiger partial charge in [0.2, 0.25) is 4.96 Å². The quantitative estimate of drug-likeness (QED) is 0.563. The number of carbonyl (C=O) groups is 1. The zero-order valence-corrected chi connectivity index (χ0v) is 14.8. The molecule has 0 unspecified atom stereocenters. The van der Waals surface area contributed by atoms with Crippen LogP contribution in [0.25, 0.3) is 16.2 Å². The van der Waals surface area contributed by atoms with Gasteiger partial charge in [0.25, 0.3) is 11.9 Å². The van der Waals surface area contributed by atoms with Crippen molar-refractivity contribution >= 4 is 51.4 Å². The van der Waals surface area contributed by atoms with Crippen LogP contribution in [0.2, 0.25) is 10.0 Å². The van der Waals surface area contributed by atoms with Gasteiger partial charge in [-0.25, -0.2) is 4.52 Å². The van der Waals surface area contributed by atoms with Crippen LogP contribution in [0, 0.1) is 0 Å². The van der Waals surface area contributed by atoms with Crippen molar-refractivity contribution in [1.29, 1.82) is 0 Å². The fourth-order valence-corrected chi connectivity index (χ4v) is 3.48. The highest BCUT2D eigenvalue weighted by Crippen LogP contribution is 2.33. The number of benzene rings is 1. The molecule has 0 saturated heterocycles. The number of aromatic nitrogens is 4. The predicted molar refractivity (Wildman–Crippen MR) is 98.5 cm³/mol. The van der Waals surface area contributed by atoms with Crippen LogP contribution >= 0.6 is 34.5 Å². The van der Waals surface area contributed by atoms with E-state index >= 15 is 0 Å². The van der Waals surface area contributed by atoms with E-state index in [1.165, 1.54) is 11.3 Å². The van der Waals surface area contributed by atoms with Crippen LogP contribution in [-0.4, -0.2) is 25.5 Å². The fraction of sp³-hybridized carbons (Fsp3) is 0. The lowest BCUT2D eigenvalue weighted by Gasteiger charge is -2.03. The van der Waals surface area contributed by atoms with Gasteiger partial charge in [0.05, 0.1) is 10.7 Å². The molecule has 4 rings (SSSR count). The first kappa shape index (κ1) is 16.0. The van der Waals surface area contributed by atoms with E-state index in [-0.39, 0.29) is 11.9 Å². The molecule has 25 heavy (non-hydrogen) atoms. The van der Waals surface area contributed by atoms with Gasteiger partial charge >= 0.3 is 0 Å². The minimum absolute atomic E-state index is 0.196. The second kappa shape index (κ2) is 6.44. The molecule has 0 saturated carbocycles. The molecule has 3 aromatic heterocycles. The summed E-state index contributed by atoms with van der Waals surface area (Å²) in [4.78, 5) is 21.1. The molecule has 1 aromatic carbocycles. The van der Waals surface area contributed by atoms with E-state index in [1.807, 2.05) is 5.38 Å². The molecule has 124 valence electrons. The SMILES string of the molecule is O=C(Nc1nc2scc(-c3cc(Cl)ccc3Cl)n2n1)c1ccccn1. The Balaban J connectivity index is 1.69. The second-order valence-corrected chi connectivity index (χ2v) is 6.72. The molecule has 9 heteroatoms. The monoisotopic (exact) mass is 389 g/mol. The molecule has 1 amide bonds. The van der Waals surface area contributed by atoms with Gasteiger partial charge in [0.1, 0.15) is 5.69 Å². The zero-order chi connectivity index (χ0) is 17.4. The minimum atomic E-state index is -0.374. The molecule has 0 fully saturated rings. The summed E-state index contributed by atoms with van der Waals surface area (Å²) < 4.78 is 1.62. The number of fused-ring (bicyclic) bond motifs is 1. The van der Waals surface area contributed by atoms with Gasteiger partial charge < -0.3 is 0 Å². The van der Waals surface area contributed by atoms with E-state index in [0.29, 0.717) is 20.7 Å². The van der Waals surface area contributed by atoms with Crippen molar-refractivity contribution in [2.24, 2.45) is 0 Å². The fourth-order valence-electron chi connectivity index (χ4n) is 2.28. The molecule has 0 atom stereocenters. The first-order valence-corrected chi connectivity index (χ1v) is 8.77. The third-order valence-electron chi connectivity index (χ3n) is 3.41. The smallest absolute Gasteiger partial charge is 0.276 e. The van der Waals surface area contributed by atoms with Crippen molar-refractivity contribution in [2.45, 2.75) is 0 Å².